The molecule has 1 unspecified atom stereocenters. The normalized spacial score (nSPS) is 13.2. The van der Waals surface area contributed by atoms with Crippen LogP contribution in [0.2, 0.25) is 0 Å². The molecule has 1 atom stereocenters. The van der Waals surface area contributed by atoms with Gasteiger partial charge in [0.15, 0.2) is 0 Å². The second kappa shape index (κ2) is 6.85. The van der Waals surface area contributed by atoms with Crippen molar-refractivity contribution in [3.63, 3.8) is 0 Å². The molecule has 0 aromatic carbocycles. The van der Waals surface area contributed by atoms with Gasteiger partial charge in [0, 0.05) is 6.54 Å². The summed E-state index contributed by atoms with van der Waals surface area (Å²) in [6.07, 6.45) is 4.36. The van der Waals surface area contributed by atoms with E-state index in [0.717, 1.165) is 12.8 Å². The van der Waals surface area contributed by atoms with E-state index in [0.29, 0.717) is 6.54 Å². The maximum atomic E-state index is 10.8. The number of aliphatic hydroxyl groups excluding tert-OH is 1. The van der Waals surface area contributed by atoms with Crippen molar-refractivity contribution < 1.29 is 9.90 Å². The Morgan fingerprint density at radius 2 is 2.33 bits per heavy atom. The Labute approximate surface area is 73.5 Å². The zero-order valence-electron chi connectivity index (χ0n) is 7.71. The van der Waals surface area contributed by atoms with E-state index in [1.54, 1.807) is 13.0 Å². The molecule has 1 amide bonds. The van der Waals surface area contributed by atoms with Crippen LogP contribution in [0.3, 0.4) is 0 Å². The zero-order chi connectivity index (χ0) is 9.40. The zero-order valence-corrected chi connectivity index (χ0v) is 7.71. The van der Waals surface area contributed by atoms with E-state index in [4.69, 9.17) is 0 Å². The number of aliphatic hydroxyl groups is 1. The van der Waals surface area contributed by atoms with Crippen LogP contribution in [0.25, 0.3) is 0 Å². The number of hydrogen-bond acceptors (Lipinski definition) is 2. The molecule has 0 aliphatic rings. The molecule has 0 aromatic rings. The van der Waals surface area contributed by atoms with Gasteiger partial charge in [0.1, 0.15) is 0 Å². The summed E-state index contributed by atoms with van der Waals surface area (Å²) in [5, 5.41) is 11.8. The Hall–Kier alpha value is -0.830. The predicted octanol–water partition coefficient (Wildman–Crippen LogP) is 0.840. The average Bonchev–Trinajstić information content (AvgIpc) is 2.02. The maximum absolute atomic E-state index is 10.8. The van der Waals surface area contributed by atoms with Crippen LogP contribution in [-0.2, 0) is 4.79 Å². The molecule has 0 heterocycles. The molecule has 0 aliphatic heterocycles. The number of carbonyl (C=O) groups excluding carboxylic acids is 1. The standard InChI is InChI=1S/C9H17NO2/c1-3-5-8(11)7-10-9(12)6-4-2/h4,6,8,11H,3,5,7H2,1-2H3,(H,10,12)/b6-4+. The fourth-order valence-corrected chi connectivity index (χ4v) is 0.864. The van der Waals surface area contributed by atoms with E-state index < -0.39 is 6.10 Å². The molecule has 0 aliphatic carbocycles. The Morgan fingerprint density at radius 3 is 2.83 bits per heavy atom. The molecule has 0 bridgehead atoms. The van der Waals surface area contributed by atoms with E-state index in [2.05, 4.69) is 5.32 Å². The summed E-state index contributed by atoms with van der Waals surface area (Å²) in [7, 11) is 0. The lowest BCUT2D eigenvalue weighted by Crippen LogP contribution is -2.30. The van der Waals surface area contributed by atoms with Crippen molar-refractivity contribution in [2.75, 3.05) is 6.54 Å². The minimum atomic E-state index is -0.413. The van der Waals surface area contributed by atoms with Crippen LogP contribution in [0.15, 0.2) is 12.2 Å². The molecular weight excluding hydrogens is 154 g/mol. The third kappa shape index (κ3) is 5.92. The van der Waals surface area contributed by atoms with Crippen LogP contribution in [0.4, 0.5) is 0 Å². The quantitative estimate of drug-likeness (QED) is 0.602. The Kier molecular flexibility index (Phi) is 6.38. The molecule has 0 saturated heterocycles. The number of carbonyl (C=O) groups is 1. The third-order valence-corrected chi connectivity index (χ3v) is 1.45. The highest BCUT2D eigenvalue weighted by Crippen LogP contribution is 1.93. The summed E-state index contributed by atoms with van der Waals surface area (Å²) in [5.74, 6) is -0.146. The van der Waals surface area contributed by atoms with Gasteiger partial charge in [0.05, 0.1) is 6.10 Å². The van der Waals surface area contributed by atoms with Crippen LogP contribution >= 0.6 is 0 Å². The van der Waals surface area contributed by atoms with Crippen LogP contribution in [0.1, 0.15) is 26.7 Å². The van der Waals surface area contributed by atoms with Crippen LogP contribution in [0, 0.1) is 0 Å². The lowest BCUT2D eigenvalue weighted by molar-refractivity contribution is -0.117. The van der Waals surface area contributed by atoms with E-state index in [9.17, 15) is 9.90 Å². The number of amides is 1. The number of rotatable bonds is 5. The second-order valence-corrected chi connectivity index (χ2v) is 2.69. The van der Waals surface area contributed by atoms with Crippen molar-refractivity contribution >= 4 is 5.91 Å². The first kappa shape index (κ1) is 11.2. The van der Waals surface area contributed by atoms with Crippen molar-refractivity contribution in [2.24, 2.45) is 0 Å². The lowest BCUT2D eigenvalue weighted by atomic mass is 10.2. The van der Waals surface area contributed by atoms with Crippen LogP contribution in [-0.4, -0.2) is 23.7 Å². The molecule has 0 rings (SSSR count). The molecule has 3 heteroatoms. The van der Waals surface area contributed by atoms with Crippen molar-refractivity contribution in [1.82, 2.24) is 5.32 Å². The van der Waals surface area contributed by atoms with E-state index >= 15 is 0 Å². The van der Waals surface area contributed by atoms with Gasteiger partial charge in [0.25, 0.3) is 0 Å². The third-order valence-electron chi connectivity index (χ3n) is 1.45. The van der Waals surface area contributed by atoms with E-state index in [-0.39, 0.29) is 5.91 Å². The first-order chi connectivity index (χ1) is 5.70. The topological polar surface area (TPSA) is 49.3 Å². The molecule has 12 heavy (non-hydrogen) atoms. The van der Waals surface area contributed by atoms with Crippen molar-refractivity contribution in [3.05, 3.63) is 12.2 Å². The maximum Gasteiger partial charge on any atom is 0.243 e. The molecule has 0 fully saturated rings. The van der Waals surface area contributed by atoms with Crippen molar-refractivity contribution in [3.8, 4) is 0 Å². The first-order valence-corrected chi connectivity index (χ1v) is 4.29. The largest absolute Gasteiger partial charge is 0.391 e. The molecule has 3 nitrogen and oxygen atoms in total. The smallest absolute Gasteiger partial charge is 0.243 e. The fourth-order valence-electron chi connectivity index (χ4n) is 0.864. The SMILES string of the molecule is C/C=C/C(=O)NCC(O)CCC. The second-order valence-electron chi connectivity index (χ2n) is 2.69. The van der Waals surface area contributed by atoms with Gasteiger partial charge in [-0.1, -0.05) is 19.4 Å². The van der Waals surface area contributed by atoms with Gasteiger partial charge in [-0.15, -0.1) is 0 Å². The highest BCUT2D eigenvalue weighted by Gasteiger charge is 2.02. The summed E-state index contributed by atoms with van der Waals surface area (Å²) < 4.78 is 0. The monoisotopic (exact) mass is 171 g/mol. The highest BCUT2D eigenvalue weighted by molar-refractivity contribution is 5.87. The van der Waals surface area contributed by atoms with Gasteiger partial charge in [-0.05, 0) is 19.4 Å². The summed E-state index contributed by atoms with van der Waals surface area (Å²) in [6.45, 7) is 4.12. The van der Waals surface area contributed by atoms with Crippen molar-refractivity contribution in [1.29, 1.82) is 0 Å². The van der Waals surface area contributed by atoms with Gasteiger partial charge in [-0.25, -0.2) is 0 Å². The number of nitrogens with one attached hydrogen (secondary N) is 1. The summed E-state index contributed by atoms with van der Waals surface area (Å²) in [4.78, 5) is 10.8. The van der Waals surface area contributed by atoms with Gasteiger partial charge in [-0.2, -0.15) is 0 Å². The lowest BCUT2D eigenvalue weighted by Gasteiger charge is -2.08. The highest BCUT2D eigenvalue weighted by atomic mass is 16.3. The minimum absolute atomic E-state index is 0.146. The molecule has 70 valence electrons. The number of hydrogen-bond donors (Lipinski definition) is 2. The molecule has 0 saturated carbocycles. The van der Waals surface area contributed by atoms with E-state index in [1.165, 1.54) is 6.08 Å². The Bertz CT molecular complexity index is 155. The molecule has 2 N–H and O–H groups in total. The van der Waals surface area contributed by atoms with Gasteiger partial charge in [-0.3, -0.25) is 4.79 Å². The summed E-state index contributed by atoms with van der Waals surface area (Å²) in [6, 6.07) is 0. The minimum Gasteiger partial charge on any atom is -0.391 e. The van der Waals surface area contributed by atoms with Crippen molar-refractivity contribution in [2.45, 2.75) is 32.8 Å². The van der Waals surface area contributed by atoms with Gasteiger partial charge >= 0.3 is 0 Å². The van der Waals surface area contributed by atoms with E-state index in [1.807, 2.05) is 6.92 Å². The van der Waals surface area contributed by atoms with Gasteiger partial charge < -0.3 is 10.4 Å². The fraction of sp³-hybridized carbons (Fsp3) is 0.667. The predicted molar refractivity (Wildman–Crippen MR) is 48.7 cm³/mol. The first-order valence-electron chi connectivity index (χ1n) is 4.29. The molecule has 0 radical (unpaired) electrons. The summed E-state index contributed by atoms with van der Waals surface area (Å²) >= 11 is 0. The molecular formula is C9H17NO2. The molecule has 0 spiro atoms. The van der Waals surface area contributed by atoms with Gasteiger partial charge in [0.2, 0.25) is 5.91 Å². The number of allylic oxidation sites excluding steroid dienone is 1. The van der Waals surface area contributed by atoms with Crippen LogP contribution < -0.4 is 5.32 Å². The summed E-state index contributed by atoms with van der Waals surface area (Å²) in [5.41, 5.74) is 0. The Morgan fingerprint density at radius 1 is 1.67 bits per heavy atom. The van der Waals surface area contributed by atoms with Crippen LogP contribution in [0.5, 0.6) is 0 Å². The average molecular weight is 171 g/mol. The molecule has 0 aromatic heterocycles. The Balaban J connectivity index is 3.46.